The molecule has 284 valence electrons. The van der Waals surface area contributed by atoms with Crippen LogP contribution in [0.4, 0.5) is 0 Å². The first kappa shape index (κ1) is 34.3. The molecule has 0 aromatic heterocycles. The second-order valence-electron chi connectivity index (χ2n) is 17.5. The SMILES string of the molecule is CC1(C)c2cc3ccccc3cc2-c2c1c1ccc(-c3cccc(-c4c5ccccc5c(-c5cc6ccccc6c6ccccc56)c5ccccc45)c3)cc1c1ccccc21. The Kier molecular flexibility index (Phi) is 7.17. The highest BCUT2D eigenvalue weighted by atomic mass is 14.4. The van der Waals surface area contributed by atoms with Gasteiger partial charge in [0.15, 0.2) is 0 Å². The van der Waals surface area contributed by atoms with Crippen molar-refractivity contribution in [3.8, 4) is 44.5 Å². The topological polar surface area (TPSA) is 0 Å². The fourth-order valence-electron chi connectivity index (χ4n) is 11.2. The Balaban J connectivity index is 1.02. The summed E-state index contributed by atoms with van der Waals surface area (Å²) in [6.07, 6.45) is 0. The molecule has 0 heteroatoms. The highest BCUT2D eigenvalue weighted by molar-refractivity contribution is 6.26. The zero-order valence-electron chi connectivity index (χ0n) is 34.1. The van der Waals surface area contributed by atoms with Crippen LogP contribution in [0, 0.1) is 0 Å². The van der Waals surface area contributed by atoms with Crippen molar-refractivity contribution in [3.63, 3.8) is 0 Å². The number of rotatable bonds is 3. The Morgan fingerprint density at radius 3 is 1.41 bits per heavy atom. The molecule has 0 saturated heterocycles. The molecule has 0 nitrogen and oxygen atoms in total. The lowest BCUT2D eigenvalue weighted by Crippen LogP contribution is -2.15. The third kappa shape index (κ3) is 4.88. The number of hydrogen-bond donors (Lipinski definition) is 0. The average molecular weight is 773 g/mol. The molecule has 13 rings (SSSR count). The van der Waals surface area contributed by atoms with Gasteiger partial charge in [-0.15, -0.1) is 0 Å². The molecule has 0 unspecified atom stereocenters. The van der Waals surface area contributed by atoms with Crippen LogP contribution in [-0.4, -0.2) is 0 Å². The lowest BCUT2D eigenvalue weighted by Gasteiger charge is -2.24. The zero-order chi connectivity index (χ0) is 40.4. The van der Waals surface area contributed by atoms with Crippen LogP contribution in [0.2, 0.25) is 0 Å². The highest BCUT2D eigenvalue weighted by Crippen LogP contribution is 2.56. The van der Waals surface area contributed by atoms with Gasteiger partial charge in [-0.05, 0) is 161 Å². The number of fused-ring (bicyclic) bond motifs is 14. The van der Waals surface area contributed by atoms with E-state index in [9.17, 15) is 0 Å². The third-order valence-electron chi connectivity index (χ3n) is 13.9. The Bertz CT molecular complexity index is 3790. The maximum atomic E-state index is 2.46. The van der Waals surface area contributed by atoms with Gasteiger partial charge in [-0.1, -0.05) is 190 Å². The van der Waals surface area contributed by atoms with E-state index in [1.807, 2.05) is 0 Å². The van der Waals surface area contributed by atoms with Gasteiger partial charge >= 0.3 is 0 Å². The van der Waals surface area contributed by atoms with Crippen molar-refractivity contribution in [1.82, 2.24) is 0 Å². The summed E-state index contributed by atoms with van der Waals surface area (Å²) in [5, 5.41) is 18.1. The second kappa shape index (κ2) is 12.7. The molecular weight excluding hydrogens is 733 g/mol. The Hall–Kier alpha value is -7.54. The van der Waals surface area contributed by atoms with E-state index >= 15 is 0 Å². The first-order chi connectivity index (χ1) is 30.0. The monoisotopic (exact) mass is 772 g/mol. The van der Waals surface area contributed by atoms with Crippen molar-refractivity contribution in [2.24, 2.45) is 0 Å². The number of benzene rings is 12. The molecule has 0 radical (unpaired) electrons. The van der Waals surface area contributed by atoms with Gasteiger partial charge in [-0.2, -0.15) is 0 Å². The summed E-state index contributed by atoms with van der Waals surface area (Å²) in [5.74, 6) is 0. The van der Waals surface area contributed by atoms with Crippen LogP contribution in [0.5, 0.6) is 0 Å². The molecule has 0 atom stereocenters. The molecule has 0 heterocycles. The quantitative estimate of drug-likeness (QED) is 0.124. The minimum Gasteiger partial charge on any atom is -0.0616 e. The number of hydrogen-bond acceptors (Lipinski definition) is 0. The van der Waals surface area contributed by atoms with Crippen LogP contribution in [0.25, 0.3) is 120 Å². The molecule has 0 N–H and O–H groups in total. The van der Waals surface area contributed by atoms with Crippen molar-refractivity contribution in [3.05, 3.63) is 217 Å². The van der Waals surface area contributed by atoms with E-state index in [1.54, 1.807) is 0 Å². The van der Waals surface area contributed by atoms with Crippen LogP contribution >= 0.6 is 0 Å². The summed E-state index contributed by atoms with van der Waals surface area (Å²) in [7, 11) is 0. The second-order valence-corrected chi connectivity index (χ2v) is 17.5. The first-order valence-corrected chi connectivity index (χ1v) is 21.5. The molecule has 12 aromatic carbocycles. The van der Waals surface area contributed by atoms with Crippen molar-refractivity contribution >= 4 is 75.4 Å². The zero-order valence-corrected chi connectivity index (χ0v) is 34.1. The predicted molar refractivity (Wildman–Crippen MR) is 263 cm³/mol. The Morgan fingerprint density at radius 1 is 0.262 bits per heavy atom. The fourth-order valence-corrected chi connectivity index (χ4v) is 11.2. The lowest BCUT2D eigenvalue weighted by molar-refractivity contribution is 0.667. The predicted octanol–water partition coefficient (Wildman–Crippen LogP) is 17.1. The third-order valence-corrected chi connectivity index (χ3v) is 13.9. The van der Waals surface area contributed by atoms with Crippen LogP contribution in [0.15, 0.2) is 206 Å². The van der Waals surface area contributed by atoms with Gasteiger partial charge in [0.25, 0.3) is 0 Å². The van der Waals surface area contributed by atoms with Crippen LogP contribution in [-0.2, 0) is 5.41 Å². The standard InChI is InChI=1S/C61H40/c1-61(2)56-36-39-17-4-3-16-38(39)34-55(56)59-47-25-10-9-24-46(47)53-33-40(30-31-52(53)60(59)61)37-19-15-20-42(32-37)57-48-26-11-13-28-50(48)58(51-29-14-12-27-49(51)57)54-35-41-18-5-6-21-43(41)44-22-7-8-23-45(44)54/h3-36H,1-2H3. The fraction of sp³-hybridized carbons (Fsp3) is 0.0492. The van der Waals surface area contributed by atoms with E-state index < -0.39 is 0 Å². The summed E-state index contributed by atoms with van der Waals surface area (Å²) in [6, 6.07) is 77.4. The van der Waals surface area contributed by atoms with Crippen LogP contribution < -0.4 is 0 Å². The summed E-state index contributed by atoms with van der Waals surface area (Å²) >= 11 is 0. The van der Waals surface area contributed by atoms with Crippen molar-refractivity contribution in [2.75, 3.05) is 0 Å². The minimum atomic E-state index is -0.147. The van der Waals surface area contributed by atoms with Crippen molar-refractivity contribution < 1.29 is 0 Å². The van der Waals surface area contributed by atoms with Gasteiger partial charge in [-0.3, -0.25) is 0 Å². The van der Waals surface area contributed by atoms with Gasteiger partial charge in [0.2, 0.25) is 0 Å². The van der Waals surface area contributed by atoms with E-state index in [1.165, 1.54) is 131 Å². The van der Waals surface area contributed by atoms with Gasteiger partial charge < -0.3 is 0 Å². The smallest absolute Gasteiger partial charge is 0.0165 e. The minimum absolute atomic E-state index is 0.147. The molecule has 1 aliphatic rings. The Morgan fingerprint density at radius 2 is 0.738 bits per heavy atom. The summed E-state index contributed by atoms with van der Waals surface area (Å²) in [4.78, 5) is 0. The van der Waals surface area contributed by atoms with E-state index in [4.69, 9.17) is 0 Å². The molecule has 12 aromatic rings. The lowest BCUT2D eigenvalue weighted by atomic mass is 9.78. The normalized spacial score (nSPS) is 13.2. The summed E-state index contributed by atoms with van der Waals surface area (Å²) in [6.45, 7) is 4.83. The van der Waals surface area contributed by atoms with Crippen LogP contribution in [0.1, 0.15) is 25.0 Å². The molecule has 0 aliphatic heterocycles. The molecule has 0 fully saturated rings. The molecule has 0 spiro atoms. The first-order valence-electron chi connectivity index (χ1n) is 21.5. The summed E-state index contributed by atoms with van der Waals surface area (Å²) in [5.41, 5.74) is 13.0. The largest absolute Gasteiger partial charge is 0.0616 e. The molecule has 1 aliphatic carbocycles. The summed E-state index contributed by atoms with van der Waals surface area (Å²) < 4.78 is 0. The molecule has 0 bridgehead atoms. The maximum Gasteiger partial charge on any atom is 0.0165 e. The van der Waals surface area contributed by atoms with E-state index in [-0.39, 0.29) is 5.41 Å². The van der Waals surface area contributed by atoms with Crippen LogP contribution in [0.3, 0.4) is 0 Å². The van der Waals surface area contributed by atoms with Gasteiger partial charge in [0.1, 0.15) is 0 Å². The molecule has 61 heavy (non-hydrogen) atoms. The van der Waals surface area contributed by atoms with E-state index in [0.29, 0.717) is 0 Å². The van der Waals surface area contributed by atoms with E-state index in [0.717, 1.165) is 0 Å². The van der Waals surface area contributed by atoms with E-state index in [2.05, 4.69) is 220 Å². The van der Waals surface area contributed by atoms with Crippen molar-refractivity contribution in [2.45, 2.75) is 19.3 Å². The Labute approximate surface area is 355 Å². The average Bonchev–Trinajstić information content (AvgIpc) is 3.55. The molecule has 0 amide bonds. The molecule has 0 saturated carbocycles. The van der Waals surface area contributed by atoms with Crippen molar-refractivity contribution in [1.29, 1.82) is 0 Å². The van der Waals surface area contributed by atoms with Gasteiger partial charge in [0, 0.05) is 5.41 Å². The van der Waals surface area contributed by atoms with Gasteiger partial charge in [0.05, 0.1) is 0 Å². The van der Waals surface area contributed by atoms with Gasteiger partial charge in [-0.25, -0.2) is 0 Å². The highest BCUT2D eigenvalue weighted by Gasteiger charge is 2.38. The maximum absolute atomic E-state index is 2.46. The molecular formula is C61H40.